The highest BCUT2D eigenvalue weighted by Crippen LogP contribution is 2.36. The lowest BCUT2D eigenvalue weighted by molar-refractivity contribution is -0.144. The average molecular weight is 362 g/mol. The molecule has 1 aliphatic carbocycles. The van der Waals surface area contributed by atoms with E-state index in [1.165, 1.54) is 6.92 Å². The fourth-order valence-corrected chi connectivity index (χ4v) is 3.23. The molecule has 6 nitrogen and oxygen atoms in total. The zero-order valence-electron chi connectivity index (χ0n) is 14.9. The summed E-state index contributed by atoms with van der Waals surface area (Å²) in [6.45, 7) is 5.34. The molecule has 1 saturated carbocycles. The Morgan fingerprint density at radius 1 is 1.28 bits per heavy atom. The number of carbonyl (C=O) groups is 2. The molecule has 1 aliphatic heterocycles. The van der Waals surface area contributed by atoms with E-state index in [1.807, 2.05) is 0 Å². The Bertz CT molecular complexity index is 460. The fraction of sp³-hybridized carbons (Fsp3) is 0.882. The van der Waals surface area contributed by atoms with Gasteiger partial charge in [-0.2, -0.15) is 0 Å². The first-order chi connectivity index (χ1) is 11.8. The summed E-state index contributed by atoms with van der Waals surface area (Å²) in [4.78, 5) is 25.8. The Morgan fingerprint density at radius 3 is 2.44 bits per heavy atom. The molecule has 2 rings (SSSR count). The summed E-state index contributed by atoms with van der Waals surface area (Å²) in [7, 11) is 0. The third-order valence-electron chi connectivity index (χ3n) is 4.85. The first-order valence-electron chi connectivity index (χ1n) is 8.91. The molecule has 2 amide bonds. The highest BCUT2D eigenvalue weighted by Gasteiger charge is 2.36. The third kappa shape index (κ3) is 6.18. The molecule has 2 fully saturated rings. The van der Waals surface area contributed by atoms with Gasteiger partial charge in [-0.25, -0.2) is 8.78 Å². The number of halogens is 2. The third-order valence-corrected chi connectivity index (χ3v) is 4.85. The first kappa shape index (κ1) is 20.0. The number of ether oxygens (including phenoxy) is 2. The number of rotatable bonds is 6. The number of hydrogen-bond donors (Lipinski definition) is 1. The van der Waals surface area contributed by atoms with Crippen LogP contribution in [0.5, 0.6) is 0 Å². The van der Waals surface area contributed by atoms with Crippen LogP contribution in [0.15, 0.2) is 0 Å². The number of hydrogen-bond acceptors (Lipinski definition) is 4. The Hall–Kier alpha value is -1.28. The van der Waals surface area contributed by atoms with Gasteiger partial charge in [-0.3, -0.25) is 9.59 Å². The summed E-state index contributed by atoms with van der Waals surface area (Å²) in [5.41, 5.74) is 0. The lowest BCUT2D eigenvalue weighted by Crippen LogP contribution is -2.56. The molecule has 1 N–H and O–H groups in total. The van der Waals surface area contributed by atoms with Crippen LogP contribution in [-0.4, -0.2) is 67.7 Å². The summed E-state index contributed by atoms with van der Waals surface area (Å²) < 4.78 is 37.5. The predicted molar refractivity (Wildman–Crippen MR) is 87.3 cm³/mol. The lowest BCUT2D eigenvalue weighted by Gasteiger charge is -2.34. The molecule has 0 aromatic heterocycles. The molecular formula is C17H28F2N2O4. The van der Waals surface area contributed by atoms with Crippen LogP contribution in [0.4, 0.5) is 8.78 Å². The van der Waals surface area contributed by atoms with E-state index >= 15 is 0 Å². The summed E-state index contributed by atoms with van der Waals surface area (Å²) >= 11 is 0. The van der Waals surface area contributed by atoms with Gasteiger partial charge >= 0.3 is 0 Å². The van der Waals surface area contributed by atoms with Gasteiger partial charge in [0.25, 0.3) is 0 Å². The summed E-state index contributed by atoms with van der Waals surface area (Å²) in [5.74, 6) is -2.99. The van der Waals surface area contributed by atoms with E-state index in [4.69, 9.17) is 9.47 Å². The number of alkyl halides is 2. The summed E-state index contributed by atoms with van der Waals surface area (Å²) in [5, 5.41) is 2.66. The van der Waals surface area contributed by atoms with E-state index in [-0.39, 0.29) is 30.6 Å². The van der Waals surface area contributed by atoms with E-state index in [2.05, 4.69) is 5.32 Å². The van der Waals surface area contributed by atoms with Crippen molar-refractivity contribution >= 4 is 11.8 Å². The molecule has 25 heavy (non-hydrogen) atoms. The predicted octanol–water partition coefficient (Wildman–Crippen LogP) is 1.58. The molecule has 0 radical (unpaired) electrons. The Labute approximate surface area is 147 Å². The van der Waals surface area contributed by atoms with Gasteiger partial charge in [0, 0.05) is 39.5 Å². The summed E-state index contributed by atoms with van der Waals surface area (Å²) in [6.07, 6.45) is 0.0833. The molecule has 0 bridgehead atoms. The van der Waals surface area contributed by atoms with Gasteiger partial charge in [0.1, 0.15) is 6.04 Å². The van der Waals surface area contributed by atoms with Crippen molar-refractivity contribution in [3.63, 3.8) is 0 Å². The van der Waals surface area contributed by atoms with E-state index in [9.17, 15) is 18.4 Å². The molecular weight excluding hydrogens is 334 g/mol. The molecule has 2 atom stereocenters. The Kier molecular flexibility index (Phi) is 7.13. The van der Waals surface area contributed by atoms with Crippen LogP contribution in [0.25, 0.3) is 0 Å². The molecule has 2 aliphatic rings. The van der Waals surface area contributed by atoms with Crippen molar-refractivity contribution in [3.05, 3.63) is 0 Å². The molecule has 2 unspecified atom stereocenters. The van der Waals surface area contributed by atoms with Crippen molar-refractivity contribution in [3.8, 4) is 0 Å². The van der Waals surface area contributed by atoms with Crippen LogP contribution < -0.4 is 5.32 Å². The van der Waals surface area contributed by atoms with Crippen LogP contribution in [-0.2, 0) is 19.1 Å². The second kappa shape index (κ2) is 8.89. The Morgan fingerprint density at radius 2 is 1.88 bits per heavy atom. The molecule has 0 aromatic rings. The molecule has 1 heterocycles. The van der Waals surface area contributed by atoms with Crippen molar-refractivity contribution in [2.75, 3.05) is 32.9 Å². The maximum absolute atomic E-state index is 13.2. The van der Waals surface area contributed by atoms with Crippen LogP contribution >= 0.6 is 0 Å². The highest BCUT2D eigenvalue weighted by atomic mass is 19.3. The van der Waals surface area contributed by atoms with Crippen molar-refractivity contribution in [1.82, 2.24) is 10.2 Å². The van der Waals surface area contributed by atoms with Gasteiger partial charge in [-0.05, 0) is 25.7 Å². The fourth-order valence-electron chi connectivity index (χ4n) is 3.23. The molecule has 1 saturated heterocycles. The highest BCUT2D eigenvalue weighted by molar-refractivity contribution is 5.87. The molecule has 8 heteroatoms. The lowest BCUT2D eigenvalue weighted by atomic mass is 9.87. The molecule has 0 spiro atoms. The van der Waals surface area contributed by atoms with Gasteiger partial charge in [0.05, 0.1) is 19.3 Å². The topological polar surface area (TPSA) is 67.9 Å². The van der Waals surface area contributed by atoms with Crippen molar-refractivity contribution in [2.45, 2.75) is 57.6 Å². The van der Waals surface area contributed by atoms with Gasteiger partial charge < -0.3 is 19.7 Å². The standard InChI is InChI=1S/C17H28F2N2O4/c1-12(25-11-14-3-5-17(18,19)6-4-14)15(20-13(2)22)16(23)21-7-9-24-10-8-21/h12,14-15H,3-11H2,1-2H3,(H,20,22). The monoisotopic (exact) mass is 362 g/mol. The number of morpholine rings is 1. The average Bonchev–Trinajstić information content (AvgIpc) is 2.58. The van der Waals surface area contributed by atoms with E-state index in [0.717, 1.165) is 0 Å². The number of nitrogens with zero attached hydrogens (tertiary/aromatic N) is 1. The largest absolute Gasteiger partial charge is 0.378 e. The summed E-state index contributed by atoms with van der Waals surface area (Å²) in [6, 6.07) is -0.777. The zero-order valence-corrected chi connectivity index (χ0v) is 14.9. The van der Waals surface area contributed by atoms with Crippen LogP contribution in [0.2, 0.25) is 0 Å². The number of nitrogens with one attached hydrogen (secondary N) is 1. The SMILES string of the molecule is CC(=O)NC(C(=O)N1CCOCC1)C(C)OCC1CCC(F)(F)CC1. The second-order valence-electron chi connectivity index (χ2n) is 6.95. The quantitative estimate of drug-likeness (QED) is 0.779. The minimum absolute atomic E-state index is 0.0681. The van der Waals surface area contributed by atoms with Crippen LogP contribution in [0, 0.1) is 5.92 Å². The van der Waals surface area contributed by atoms with Gasteiger partial charge in [0.15, 0.2) is 0 Å². The van der Waals surface area contributed by atoms with Crippen LogP contribution in [0.3, 0.4) is 0 Å². The normalized spacial score (nSPS) is 23.8. The Balaban J connectivity index is 1.88. The van der Waals surface area contributed by atoms with Crippen LogP contribution in [0.1, 0.15) is 39.5 Å². The maximum Gasteiger partial charge on any atom is 0.248 e. The van der Waals surface area contributed by atoms with Gasteiger partial charge in [0.2, 0.25) is 17.7 Å². The minimum atomic E-state index is -2.56. The number of carbonyl (C=O) groups excluding carboxylic acids is 2. The van der Waals surface area contributed by atoms with Gasteiger partial charge in [-0.15, -0.1) is 0 Å². The van der Waals surface area contributed by atoms with Crippen molar-refractivity contribution < 1.29 is 27.8 Å². The van der Waals surface area contributed by atoms with E-state index in [1.54, 1.807) is 11.8 Å². The maximum atomic E-state index is 13.2. The second-order valence-corrected chi connectivity index (χ2v) is 6.95. The zero-order chi connectivity index (χ0) is 18.4. The van der Waals surface area contributed by atoms with Gasteiger partial charge in [-0.1, -0.05) is 0 Å². The molecule has 144 valence electrons. The van der Waals surface area contributed by atoms with Crippen molar-refractivity contribution in [2.24, 2.45) is 5.92 Å². The molecule has 0 aromatic carbocycles. The minimum Gasteiger partial charge on any atom is -0.378 e. The number of amides is 2. The van der Waals surface area contributed by atoms with E-state index in [0.29, 0.717) is 45.8 Å². The smallest absolute Gasteiger partial charge is 0.248 e. The van der Waals surface area contributed by atoms with E-state index < -0.39 is 18.1 Å². The van der Waals surface area contributed by atoms with Crippen molar-refractivity contribution in [1.29, 1.82) is 0 Å². The first-order valence-corrected chi connectivity index (χ1v) is 8.91.